The van der Waals surface area contributed by atoms with Crippen molar-refractivity contribution < 1.29 is 14.3 Å². The normalized spacial score (nSPS) is 16.6. The maximum absolute atomic E-state index is 13.5. The van der Waals surface area contributed by atoms with Gasteiger partial charge in [0.2, 0.25) is 0 Å². The lowest BCUT2D eigenvalue weighted by atomic mass is 9.96. The number of carbonyl (C=O) groups is 2. The molecule has 7 heteroatoms. The molecule has 1 saturated carbocycles. The Bertz CT molecular complexity index is 1740. The lowest BCUT2D eigenvalue weighted by molar-refractivity contribution is 0.0503. The molecule has 2 unspecified atom stereocenters. The molecule has 1 fully saturated rings. The van der Waals surface area contributed by atoms with E-state index in [1.54, 1.807) is 0 Å². The van der Waals surface area contributed by atoms with E-state index in [-0.39, 0.29) is 17.7 Å². The summed E-state index contributed by atoms with van der Waals surface area (Å²) in [6.07, 6.45) is 1.69. The third kappa shape index (κ3) is 6.51. The van der Waals surface area contributed by atoms with Gasteiger partial charge in [0, 0.05) is 42.0 Å². The molecular weight excluding hydrogens is 536 g/mol. The van der Waals surface area contributed by atoms with Crippen molar-refractivity contribution in [2.75, 3.05) is 0 Å². The van der Waals surface area contributed by atoms with Crippen molar-refractivity contribution in [3.8, 4) is 11.5 Å². The largest absolute Gasteiger partial charge is 0.444 e. The number of aromatic nitrogens is 3. The van der Waals surface area contributed by atoms with Gasteiger partial charge in [-0.05, 0) is 75.9 Å². The van der Waals surface area contributed by atoms with E-state index in [9.17, 15) is 9.59 Å². The highest BCUT2D eigenvalue weighted by Gasteiger charge is 2.32. The quantitative estimate of drug-likeness (QED) is 0.206. The smallest absolute Gasteiger partial charge is 0.407 e. The molecule has 2 heterocycles. The van der Waals surface area contributed by atoms with Crippen LogP contribution in [-0.2, 0) is 18.3 Å². The number of ketones is 1. The average molecular weight is 579 g/mol. The molecule has 0 spiro atoms. The highest BCUT2D eigenvalue weighted by molar-refractivity contribution is 6.01. The first-order valence-corrected chi connectivity index (χ1v) is 15.3. The molecule has 0 aliphatic heterocycles. The van der Waals surface area contributed by atoms with Gasteiger partial charge >= 0.3 is 6.09 Å². The van der Waals surface area contributed by atoms with Crippen LogP contribution < -0.4 is 5.32 Å². The molecule has 1 amide bonds. The van der Waals surface area contributed by atoms with Gasteiger partial charge in [0.05, 0.1) is 16.7 Å². The number of hydrogen-bond donors (Lipinski definition) is 1. The highest BCUT2D eigenvalue weighted by Crippen LogP contribution is 2.33. The zero-order valence-corrected chi connectivity index (χ0v) is 26.1. The van der Waals surface area contributed by atoms with Gasteiger partial charge in [-0.15, -0.1) is 0 Å². The predicted octanol–water partition coefficient (Wildman–Crippen LogP) is 8.15. The van der Waals surface area contributed by atoms with Crippen LogP contribution in [-0.4, -0.2) is 37.6 Å². The average Bonchev–Trinajstić information content (AvgIpc) is 3.69. The summed E-state index contributed by atoms with van der Waals surface area (Å²) in [6, 6.07) is 26.8. The SMILES string of the molecule is CC.Cn1c(-c2cc3ccccc3n2Cc2ccccc2)nc2cc(C(=O)C3CCC(NC(=O)OC(C)(C)C)C3)ccc21. The number of nitrogens with zero attached hydrogens (tertiary/aromatic N) is 3. The maximum Gasteiger partial charge on any atom is 0.407 e. The minimum Gasteiger partial charge on any atom is -0.444 e. The van der Waals surface area contributed by atoms with Crippen LogP contribution in [0.1, 0.15) is 69.8 Å². The molecule has 0 saturated heterocycles. The van der Waals surface area contributed by atoms with Crippen molar-refractivity contribution in [1.82, 2.24) is 19.4 Å². The number of nitrogens with one attached hydrogen (secondary N) is 1. The molecular formula is C36H42N4O3. The summed E-state index contributed by atoms with van der Waals surface area (Å²) in [5.74, 6) is 0.828. The number of benzene rings is 3. The first kappa shape index (κ1) is 30.1. The molecule has 2 aromatic heterocycles. The van der Waals surface area contributed by atoms with Gasteiger partial charge in [0.15, 0.2) is 11.6 Å². The Hall–Kier alpha value is -4.39. The standard InChI is InChI=1S/C34H36N4O3.C2H6/c1-34(2,3)41-33(40)35-26-16-14-24(18-26)31(39)25-15-17-29-27(19-25)36-32(37(29)4)30-20-23-12-8-9-13-28(23)38(30)21-22-10-6-5-7-11-22;1-2/h5-13,15,17,19-20,24,26H,14,16,18,21H2,1-4H3,(H,35,40);1-2H3. The van der Waals surface area contributed by atoms with Crippen LogP contribution in [0.3, 0.4) is 0 Å². The van der Waals surface area contributed by atoms with E-state index in [1.165, 1.54) is 5.56 Å². The number of rotatable bonds is 6. The van der Waals surface area contributed by atoms with Gasteiger partial charge in [-0.25, -0.2) is 9.78 Å². The minimum atomic E-state index is -0.551. The zero-order chi connectivity index (χ0) is 30.7. The van der Waals surface area contributed by atoms with Gasteiger partial charge in [-0.3, -0.25) is 4.79 Å². The number of Topliss-reactive ketones (excluding diaryl/α,β-unsaturated/α-hetero) is 1. The van der Waals surface area contributed by atoms with Crippen LogP contribution in [0.25, 0.3) is 33.5 Å². The van der Waals surface area contributed by atoms with Crippen molar-refractivity contribution in [2.45, 2.75) is 72.1 Å². The molecule has 6 rings (SSSR count). The Morgan fingerprint density at radius 2 is 1.65 bits per heavy atom. The fraction of sp³-hybridized carbons (Fsp3) is 0.361. The lowest BCUT2D eigenvalue weighted by Gasteiger charge is -2.21. The van der Waals surface area contributed by atoms with Crippen LogP contribution in [0.2, 0.25) is 0 Å². The number of para-hydroxylation sites is 1. The van der Waals surface area contributed by atoms with Crippen molar-refractivity contribution in [1.29, 1.82) is 0 Å². The Balaban J connectivity index is 0.00000180. The first-order chi connectivity index (χ1) is 20.7. The molecule has 3 aromatic carbocycles. The summed E-state index contributed by atoms with van der Waals surface area (Å²) in [5, 5.41) is 4.10. The summed E-state index contributed by atoms with van der Waals surface area (Å²) in [5.41, 5.74) is 5.30. The fourth-order valence-corrected chi connectivity index (χ4v) is 5.97. The summed E-state index contributed by atoms with van der Waals surface area (Å²) in [4.78, 5) is 30.8. The van der Waals surface area contributed by atoms with Crippen molar-refractivity contribution in [3.05, 3.63) is 90.0 Å². The van der Waals surface area contributed by atoms with Crippen LogP contribution in [0.5, 0.6) is 0 Å². The topological polar surface area (TPSA) is 78.2 Å². The summed E-state index contributed by atoms with van der Waals surface area (Å²) >= 11 is 0. The highest BCUT2D eigenvalue weighted by atomic mass is 16.6. The first-order valence-electron chi connectivity index (χ1n) is 15.3. The van der Waals surface area contributed by atoms with E-state index in [4.69, 9.17) is 9.72 Å². The maximum atomic E-state index is 13.5. The van der Waals surface area contributed by atoms with E-state index in [0.717, 1.165) is 52.8 Å². The van der Waals surface area contributed by atoms with Crippen LogP contribution in [0.15, 0.2) is 78.9 Å². The van der Waals surface area contributed by atoms with Gasteiger partial charge in [-0.2, -0.15) is 0 Å². The van der Waals surface area contributed by atoms with E-state index < -0.39 is 11.7 Å². The van der Waals surface area contributed by atoms with Crippen molar-refractivity contribution >= 4 is 33.8 Å². The molecule has 0 radical (unpaired) electrons. The van der Waals surface area contributed by atoms with Gasteiger partial charge in [0.1, 0.15) is 5.60 Å². The zero-order valence-electron chi connectivity index (χ0n) is 26.1. The summed E-state index contributed by atoms with van der Waals surface area (Å²) in [6.45, 7) is 10.3. The molecule has 2 atom stereocenters. The van der Waals surface area contributed by atoms with Crippen molar-refractivity contribution in [3.63, 3.8) is 0 Å². The molecule has 5 aromatic rings. The molecule has 224 valence electrons. The van der Waals surface area contributed by atoms with E-state index in [2.05, 4.69) is 69.0 Å². The van der Waals surface area contributed by atoms with E-state index in [1.807, 2.05) is 65.9 Å². The number of aryl methyl sites for hydroxylation is 1. The van der Waals surface area contributed by atoms with E-state index in [0.29, 0.717) is 12.0 Å². The van der Waals surface area contributed by atoms with Crippen LogP contribution >= 0.6 is 0 Å². The number of amides is 1. The monoisotopic (exact) mass is 578 g/mol. The molecule has 1 N–H and O–H groups in total. The summed E-state index contributed by atoms with van der Waals surface area (Å²) < 4.78 is 9.81. The number of carbonyl (C=O) groups excluding carboxylic acids is 2. The minimum absolute atomic E-state index is 0.0597. The molecule has 43 heavy (non-hydrogen) atoms. The number of hydrogen-bond acceptors (Lipinski definition) is 4. The van der Waals surface area contributed by atoms with Gasteiger partial charge < -0.3 is 19.2 Å². The second-order valence-electron chi connectivity index (χ2n) is 12.1. The third-order valence-corrected chi connectivity index (χ3v) is 7.91. The molecule has 0 bridgehead atoms. The van der Waals surface area contributed by atoms with Crippen LogP contribution in [0.4, 0.5) is 4.79 Å². The molecule has 1 aliphatic rings. The lowest BCUT2D eigenvalue weighted by Crippen LogP contribution is -2.38. The number of ether oxygens (including phenoxy) is 1. The Morgan fingerprint density at radius 1 is 0.930 bits per heavy atom. The van der Waals surface area contributed by atoms with Gasteiger partial charge in [0.25, 0.3) is 0 Å². The van der Waals surface area contributed by atoms with E-state index >= 15 is 0 Å². The number of fused-ring (bicyclic) bond motifs is 2. The second-order valence-corrected chi connectivity index (χ2v) is 12.1. The Labute approximate surface area is 253 Å². The summed E-state index contributed by atoms with van der Waals surface area (Å²) in [7, 11) is 2.03. The van der Waals surface area contributed by atoms with Crippen LogP contribution in [0, 0.1) is 5.92 Å². The van der Waals surface area contributed by atoms with Gasteiger partial charge in [-0.1, -0.05) is 62.4 Å². The Morgan fingerprint density at radius 3 is 2.40 bits per heavy atom. The number of imidazole rings is 1. The molecule has 7 nitrogen and oxygen atoms in total. The number of alkyl carbamates (subject to hydrolysis) is 1. The molecule has 1 aliphatic carbocycles. The van der Waals surface area contributed by atoms with Crippen molar-refractivity contribution in [2.24, 2.45) is 13.0 Å². The Kier molecular flexibility index (Phi) is 8.71. The predicted molar refractivity (Wildman–Crippen MR) is 173 cm³/mol. The third-order valence-electron chi connectivity index (χ3n) is 7.91. The second kappa shape index (κ2) is 12.5. The fourth-order valence-electron chi connectivity index (χ4n) is 5.97.